The summed E-state index contributed by atoms with van der Waals surface area (Å²) in [6.45, 7) is 0. The summed E-state index contributed by atoms with van der Waals surface area (Å²) >= 11 is 0. The van der Waals surface area contributed by atoms with Gasteiger partial charge in [-0.25, -0.2) is 16.8 Å². The normalized spacial score (nSPS) is 12.3. The van der Waals surface area contributed by atoms with Crippen LogP contribution in [0.5, 0.6) is 11.5 Å². The molecule has 118 valence electrons. The fourth-order valence-electron chi connectivity index (χ4n) is 1.79. The van der Waals surface area contributed by atoms with Gasteiger partial charge in [0, 0.05) is 11.1 Å². The third-order valence-corrected chi connectivity index (χ3v) is 4.47. The topological polar surface area (TPSA) is 155 Å². The average Bonchev–Trinajstić information content (AvgIpc) is 2.37. The summed E-state index contributed by atoms with van der Waals surface area (Å²) in [5.41, 5.74) is -0.0838. The number of benzene rings is 2. The molecule has 0 bridgehead atoms. The molecule has 2 N–H and O–H groups in total. The van der Waals surface area contributed by atoms with Crippen LogP contribution in [0.3, 0.4) is 0 Å². The lowest BCUT2D eigenvalue weighted by atomic mass is 10.0. The number of hydrogen-bond donors (Lipinski definition) is 2. The van der Waals surface area contributed by atoms with Crippen molar-refractivity contribution >= 4 is 20.2 Å². The Morgan fingerprint density at radius 2 is 1.00 bits per heavy atom. The zero-order valence-electron chi connectivity index (χ0n) is 10.6. The molecule has 0 radical (unpaired) electrons. The second kappa shape index (κ2) is 5.25. The Hall–Kier alpha value is -2.14. The number of phenolic OH excluding ortho intramolecular Hbond substituents is 2. The molecule has 0 amide bonds. The molecule has 0 saturated heterocycles. The van der Waals surface area contributed by atoms with Gasteiger partial charge >= 0.3 is 0 Å². The van der Waals surface area contributed by atoms with Gasteiger partial charge in [-0.2, -0.15) is 0 Å². The predicted molar refractivity (Wildman–Crippen MR) is 71.1 cm³/mol. The summed E-state index contributed by atoms with van der Waals surface area (Å²) < 4.78 is 65.0. The molecule has 0 aliphatic carbocycles. The van der Waals surface area contributed by atoms with E-state index in [-0.39, 0.29) is 11.1 Å². The Balaban J connectivity index is 2.59. The fourth-order valence-corrected chi connectivity index (χ4v) is 2.77. The van der Waals surface area contributed by atoms with E-state index < -0.39 is 41.5 Å². The maximum atomic E-state index is 10.8. The number of phenols is 2. The van der Waals surface area contributed by atoms with Crippen LogP contribution < -0.4 is 0 Å². The molecule has 0 fully saturated rings. The van der Waals surface area contributed by atoms with Gasteiger partial charge in [0.05, 0.1) is 9.79 Å². The summed E-state index contributed by atoms with van der Waals surface area (Å²) in [7, 11) is -9.51. The van der Waals surface area contributed by atoms with Crippen molar-refractivity contribution < 1.29 is 36.2 Å². The highest BCUT2D eigenvalue weighted by Gasteiger charge is 2.13. The minimum absolute atomic E-state index is 0.0419. The second-order valence-corrected chi connectivity index (χ2v) is 7.03. The van der Waals surface area contributed by atoms with Gasteiger partial charge in [-0.1, -0.05) is 0 Å². The van der Waals surface area contributed by atoms with Crippen LogP contribution in [-0.4, -0.2) is 36.2 Å². The standard InChI is InChI=1S/C12H10O8S2/c13-11-5-7(21(15,16)17)1-3-9(11)10-4-2-8(6-12(10)14)22(18,19)20/h1-6,13-14H,(H,15,16,17)(H,18,19,20)/p-2. The quantitative estimate of drug-likeness (QED) is 0.766. The molecular formula is C12H8O8S2-2. The number of hydrogen-bond acceptors (Lipinski definition) is 8. The maximum absolute atomic E-state index is 10.8. The van der Waals surface area contributed by atoms with Crippen molar-refractivity contribution in [3.63, 3.8) is 0 Å². The Morgan fingerprint density at radius 1 is 0.682 bits per heavy atom. The average molecular weight is 344 g/mol. The summed E-state index contributed by atoms with van der Waals surface area (Å²) in [6, 6.07) is 5.40. The minimum atomic E-state index is -4.75. The molecule has 2 rings (SSSR count). The van der Waals surface area contributed by atoms with Gasteiger partial charge in [-0.15, -0.1) is 0 Å². The van der Waals surface area contributed by atoms with Crippen molar-refractivity contribution in [2.24, 2.45) is 0 Å². The molecule has 8 nitrogen and oxygen atoms in total. The Kier molecular flexibility index (Phi) is 3.87. The van der Waals surface area contributed by atoms with Crippen LogP contribution in [0, 0.1) is 0 Å². The molecule has 0 aromatic heterocycles. The summed E-state index contributed by atoms with van der Waals surface area (Å²) in [6.07, 6.45) is 0. The lowest BCUT2D eigenvalue weighted by molar-refractivity contribution is 0.453. The van der Waals surface area contributed by atoms with E-state index in [1.54, 1.807) is 0 Å². The smallest absolute Gasteiger partial charge is 0.124 e. The first-order valence-electron chi connectivity index (χ1n) is 5.58. The largest absolute Gasteiger partial charge is 0.744 e. The zero-order chi connectivity index (χ0) is 16.7. The van der Waals surface area contributed by atoms with Crippen molar-refractivity contribution in [3.05, 3.63) is 36.4 Å². The Bertz CT molecular complexity index is 866. The predicted octanol–water partition coefficient (Wildman–Crippen LogP) is 0.573. The van der Waals surface area contributed by atoms with E-state index in [0.717, 1.165) is 24.3 Å². The van der Waals surface area contributed by atoms with E-state index in [0.29, 0.717) is 12.1 Å². The van der Waals surface area contributed by atoms with E-state index in [2.05, 4.69) is 0 Å². The first kappa shape index (κ1) is 16.2. The first-order valence-corrected chi connectivity index (χ1v) is 8.40. The highest BCUT2D eigenvalue weighted by atomic mass is 32.2. The Labute approximate surface area is 125 Å². The maximum Gasteiger partial charge on any atom is 0.124 e. The van der Waals surface area contributed by atoms with E-state index in [1.165, 1.54) is 0 Å². The third-order valence-electron chi connectivity index (χ3n) is 2.81. The lowest BCUT2D eigenvalue weighted by Gasteiger charge is -2.13. The van der Waals surface area contributed by atoms with Gasteiger partial charge in [-0.05, 0) is 36.4 Å². The van der Waals surface area contributed by atoms with Crippen LogP contribution in [-0.2, 0) is 20.2 Å². The molecular weight excluding hydrogens is 336 g/mol. The monoisotopic (exact) mass is 344 g/mol. The molecule has 2 aromatic rings. The minimum Gasteiger partial charge on any atom is -0.744 e. The first-order chi connectivity index (χ1) is 10.00. The van der Waals surface area contributed by atoms with Crippen molar-refractivity contribution in [3.8, 4) is 22.6 Å². The van der Waals surface area contributed by atoms with Crippen LogP contribution in [0.25, 0.3) is 11.1 Å². The molecule has 0 aliphatic heterocycles. The molecule has 22 heavy (non-hydrogen) atoms. The second-order valence-electron chi connectivity index (χ2n) is 4.27. The van der Waals surface area contributed by atoms with E-state index in [1.807, 2.05) is 0 Å². The third kappa shape index (κ3) is 3.20. The Morgan fingerprint density at radius 3 is 1.23 bits per heavy atom. The lowest BCUT2D eigenvalue weighted by Crippen LogP contribution is -1.99. The molecule has 0 aliphatic rings. The fraction of sp³-hybridized carbons (Fsp3) is 0. The van der Waals surface area contributed by atoms with Gasteiger partial charge in [-0.3, -0.25) is 0 Å². The molecule has 0 atom stereocenters. The summed E-state index contributed by atoms with van der Waals surface area (Å²) in [5.74, 6) is -1.21. The van der Waals surface area contributed by atoms with Crippen LogP contribution in [0.1, 0.15) is 0 Å². The van der Waals surface area contributed by atoms with Gasteiger partial charge in [0.15, 0.2) is 0 Å². The van der Waals surface area contributed by atoms with E-state index in [9.17, 15) is 36.2 Å². The SMILES string of the molecule is O=S(=O)([O-])c1ccc(-c2ccc(S(=O)(=O)[O-])cc2O)c(O)c1. The van der Waals surface area contributed by atoms with Crippen LogP contribution in [0.4, 0.5) is 0 Å². The van der Waals surface area contributed by atoms with Gasteiger partial charge in [0.2, 0.25) is 0 Å². The van der Waals surface area contributed by atoms with Crippen molar-refractivity contribution in [1.29, 1.82) is 0 Å². The van der Waals surface area contributed by atoms with Gasteiger partial charge < -0.3 is 19.3 Å². The number of rotatable bonds is 3. The van der Waals surface area contributed by atoms with Crippen LogP contribution in [0.15, 0.2) is 46.2 Å². The highest BCUT2D eigenvalue weighted by molar-refractivity contribution is 7.86. The van der Waals surface area contributed by atoms with Crippen molar-refractivity contribution in [1.82, 2.24) is 0 Å². The molecule has 10 heteroatoms. The summed E-state index contributed by atoms with van der Waals surface area (Å²) in [4.78, 5) is -1.32. The summed E-state index contributed by atoms with van der Waals surface area (Å²) in [5, 5.41) is 19.5. The number of aromatic hydroxyl groups is 2. The highest BCUT2D eigenvalue weighted by Crippen LogP contribution is 2.37. The van der Waals surface area contributed by atoms with E-state index >= 15 is 0 Å². The molecule has 0 unspecified atom stereocenters. The van der Waals surface area contributed by atoms with Gasteiger partial charge in [0.25, 0.3) is 0 Å². The molecule has 0 saturated carbocycles. The van der Waals surface area contributed by atoms with E-state index in [4.69, 9.17) is 0 Å². The molecule has 2 aromatic carbocycles. The van der Waals surface area contributed by atoms with Crippen molar-refractivity contribution in [2.45, 2.75) is 9.79 Å². The molecule has 0 spiro atoms. The molecule has 0 heterocycles. The van der Waals surface area contributed by atoms with Gasteiger partial charge in [0.1, 0.15) is 31.7 Å². The van der Waals surface area contributed by atoms with Crippen molar-refractivity contribution in [2.75, 3.05) is 0 Å². The van der Waals surface area contributed by atoms with Crippen LogP contribution in [0.2, 0.25) is 0 Å². The van der Waals surface area contributed by atoms with Crippen LogP contribution >= 0.6 is 0 Å². The zero-order valence-corrected chi connectivity index (χ0v) is 12.3.